The van der Waals surface area contributed by atoms with E-state index >= 15 is 0 Å². The van der Waals surface area contributed by atoms with E-state index in [-0.39, 0.29) is 5.78 Å². The molecular formula is C13H11ClO2S. The average molecular weight is 267 g/mol. The largest absolute Gasteiger partial charge is 0.496 e. The molecule has 0 N–H and O–H groups in total. The van der Waals surface area contributed by atoms with E-state index in [1.165, 1.54) is 0 Å². The van der Waals surface area contributed by atoms with E-state index in [0.717, 1.165) is 4.88 Å². The van der Waals surface area contributed by atoms with Crippen molar-refractivity contribution in [2.24, 2.45) is 0 Å². The highest BCUT2D eigenvalue weighted by atomic mass is 35.5. The van der Waals surface area contributed by atoms with E-state index in [4.69, 9.17) is 16.3 Å². The van der Waals surface area contributed by atoms with Gasteiger partial charge in [0.25, 0.3) is 0 Å². The Labute approximate surface area is 109 Å². The second kappa shape index (κ2) is 4.90. The zero-order valence-electron chi connectivity index (χ0n) is 9.49. The van der Waals surface area contributed by atoms with Crippen molar-refractivity contribution in [3.8, 4) is 5.75 Å². The van der Waals surface area contributed by atoms with Gasteiger partial charge in [0.1, 0.15) is 5.75 Å². The van der Waals surface area contributed by atoms with Crippen LogP contribution in [-0.4, -0.2) is 12.9 Å². The maximum Gasteiger partial charge on any atom is 0.197 e. The van der Waals surface area contributed by atoms with E-state index in [1.54, 1.807) is 36.6 Å². The Hall–Kier alpha value is -1.32. The van der Waals surface area contributed by atoms with Crippen LogP contribution in [-0.2, 0) is 0 Å². The van der Waals surface area contributed by atoms with Crippen LogP contribution in [0, 0.1) is 6.92 Å². The first kappa shape index (κ1) is 12.1. The normalized spacial score (nSPS) is 10.3. The van der Waals surface area contributed by atoms with Crippen molar-refractivity contribution in [2.75, 3.05) is 7.11 Å². The molecule has 1 aromatic heterocycles. The summed E-state index contributed by atoms with van der Waals surface area (Å²) < 4.78 is 5.18. The number of carbonyl (C=O) groups is 1. The number of rotatable bonds is 3. The number of ketones is 1. The Kier molecular flexibility index (Phi) is 3.50. The zero-order valence-corrected chi connectivity index (χ0v) is 11.1. The molecule has 0 spiro atoms. The topological polar surface area (TPSA) is 26.3 Å². The lowest BCUT2D eigenvalue weighted by Crippen LogP contribution is -2.04. The molecule has 2 rings (SSSR count). The van der Waals surface area contributed by atoms with E-state index in [1.807, 2.05) is 18.4 Å². The van der Waals surface area contributed by atoms with Crippen molar-refractivity contribution in [1.29, 1.82) is 0 Å². The molecule has 0 atom stereocenters. The number of carbonyl (C=O) groups excluding carboxylic acids is 1. The molecule has 2 nitrogen and oxygen atoms in total. The molecule has 1 aromatic carbocycles. The number of aryl methyl sites for hydroxylation is 1. The molecule has 0 aliphatic heterocycles. The summed E-state index contributed by atoms with van der Waals surface area (Å²) in [7, 11) is 1.54. The van der Waals surface area contributed by atoms with E-state index in [9.17, 15) is 4.79 Å². The minimum atomic E-state index is -0.0527. The van der Waals surface area contributed by atoms with Gasteiger partial charge in [-0.2, -0.15) is 0 Å². The van der Waals surface area contributed by atoms with Gasteiger partial charge >= 0.3 is 0 Å². The summed E-state index contributed by atoms with van der Waals surface area (Å²) >= 11 is 7.46. The van der Waals surface area contributed by atoms with Crippen molar-refractivity contribution in [3.63, 3.8) is 0 Å². The standard InChI is InChI=1S/C13H11ClO2S/c1-8-10(5-6-17-8)13(15)11-7-9(14)3-4-12(11)16-2/h3-7H,1-2H3. The smallest absolute Gasteiger partial charge is 0.197 e. The second-order valence-electron chi connectivity index (χ2n) is 3.56. The Morgan fingerprint density at radius 1 is 1.29 bits per heavy atom. The number of halogens is 1. The van der Waals surface area contributed by atoms with Gasteiger partial charge in [0.05, 0.1) is 12.7 Å². The van der Waals surface area contributed by atoms with Crippen LogP contribution < -0.4 is 4.74 Å². The molecule has 0 aliphatic rings. The van der Waals surface area contributed by atoms with Crippen molar-refractivity contribution in [1.82, 2.24) is 0 Å². The maximum absolute atomic E-state index is 12.3. The third-order valence-electron chi connectivity index (χ3n) is 2.51. The van der Waals surface area contributed by atoms with Gasteiger partial charge in [-0.1, -0.05) is 11.6 Å². The molecule has 0 radical (unpaired) electrons. The molecule has 2 aromatic rings. The highest BCUT2D eigenvalue weighted by Gasteiger charge is 2.17. The van der Waals surface area contributed by atoms with E-state index in [0.29, 0.717) is 21.9 Å². The monoisotopic (exact) mass is 266 g/mol. The van der Waals surface area contributed by atoms with Crippen LogP contribution in [0.25, 0.3) is 0 Å². The van der Waals surface area contributed by atoms with Crippen LogP contribution in [0.4, 0.5) is 0 Å². The fraction of sp³-hybridized carbons (Fsp3) is 0.154. The van der Waals surface area contributed by atoms with Crippen LogP contribution in [0.1, 0.15) is 20.8 Å². The number of hydrogen-bond acceptors (Lipinski definition) is 3. The molecule has 0 bridgehead atoms. The van der Waals surface area contributed by atoms with Gasteiger partial charge in [0.2, 0.25) is 0 Å². The van der Waals surface area contributed by atoms with Crippen LogP contribution in [0.5, 0.6) is 5.75 Å². The number of methoxy groups -OCH3 is 1. The van der Waals surface area contributed by atoms with Gasteiger partial charge in [-0.25, -0.2) is 0 Å². The first-order valence-electron chi connectivity index (χ1n) is 5.06. The minimum absolute atomic E-state index is 0.0527. The first-order valence-corrected chi connectivity index (χ1v) is 6.31. The summed E-state index contributed by atoms with van der Waals surface area (Å²) in [6.07, 6.45) is 0. The zero-order chi connectivity index (χ0) is 12.4. The van der Waals surface area contributed by atoms with E-state index < -0.39 is 0 Å². The second-order valence-corrected chi connectivity index (χ2v) is 5.12. The molecule has 0 amide bonds. The van der Waals surface area contributed by atoms with Crippen LogP contribution in [0.2, 0.25) is 5.02 Å². The molecule has 0 fully saturated rings. The summed E-state index contributed by atoms with van der Waals surface area (Å²) in [6.45, 7) is 1.93. The molecule has 88 valence electrons. The summed E-state index contributed by atoms with van der Waals surface area (Å²) in [6, 6.07) is 6.87. The third kappa shape index (κ3) is 2.35. The van der Waals surface area contributed by atoms with Crippen molar-refractivity contribution in [2.45, 2.75) is 6.92 Å². The van der Waals surface area contributed by atoms with Gasteiger partial charge < -0.3 is 4.74 Å². The molecule has 17 heavy (non-hydrogen) atoms. The number of thiophene rings is 1. The number of hydrogen-bond donors (Lipinski definition) is 0. The molecule has 0 saturated heterocycles. The SMILES string of the molecule is COc1ccc(Cl)cc1C(=O)c1ccsc1C. The third-order valence-corrected chi connectivity index (χ3v) is 3.59. The summed E-state index contributed by atoms with van der Waals surface area (Å²) in [4.78, 5) is 13.3. The lowest BCUT2D eigenvalue weighted by molar-refractivity contribution is 0.103. The Morgan fingerprint density at radius 2 is 2.06 bits per heavy atom. The number of ether oxygens (including phenoxy) is 1. The van der Waals surface area contributed by atoms with Crippen LogP contribution in [0.3, 0.4) is 0 Å². The van der Waals surface area contributed by atoms with Crippen molar-refractivity contribution < 1.29 is 9.53 Å². The van der Waals surface area contributed by atoms with Gasteiger partial charge in [0.15, 0.2) is 5.78 Å². The molecule has 0 aliphatic carbocycles. The minimum Gasteiger partial charge on any atom is -0.496 e. The predicted molar refractivity (Wildman–Crippen MR) is 70.5 cm³/mol. The van der Waals surface area contributed by atoms with Crippen molar-refractivity contribution in [3.05, 3.63) is 50.7 Å². The Bertz CT molecular complexity index is 560. The fourth-order valence-corrected chi connectivity index (χ4v) is 2.49. The average Bonchev–Trinajstić information content (AvgIpc) is 2.74. The lowest BCUT2D eigenvalue weighted by atomic mass is 10.0. The van der Waals surface area contributed by atoms with Gasteiger partial charge in [0, 0.05) is 15.5 Å². The summed E-state index contributed by atoms with van der Waals surface area (Å²) in [5, 5.41) is 2.43. The van der Waals surface area contributed by atoms with Gasteiger partial charge in [-0.05, 0) is 36.6 Å². The fourth-order valence-electron chi connectivity index (χ4n) is 1.62. The highest BCUT2D eigenvalue weighted by molar-refractivity contribution is 7.10. The molecule has 0 saturated carbocycles. The summed E-state index contributed by atoms with van der Waals surface area (Å²) in [5.74, 6) is 0.494. The quantitative estimate of drug-likeness (QED) is 0.787. The molecule has 4 heteroatoms. The molecule has 0 unspecified atom stereocenters. The van der Waals surface area contributed by atoms with Gasteiger partial charge in [-0.15, -0.1) is 11.3 Å². The summed E-state index contributed by atoms with van der Waals surface area (Å²) in [5.41, 5.74) is 1.21. The highest BCUT2D eigenvalue weighted by Crippen LogP contribution is 2.27. The molecular weight excluding hydrogens is 256 g/mol. The Morgan fingerprint density at radius 3 is 2.65 bits per heavy atom. The van der Waals surface area contributed by atoms with Crippen molar-refractivity contribution >= 4 is 28.7 Å². The predicted octanol–water partition coefficient (Wildman–Crippen LogP) is 3.95. The van der Waals surface area contributed by atoms with Crippen LogP contribution >= 0.6 is 22.9 Å². The molecule has 1 heterocycles. The van der Waals surface area contributed by atoms with E-state index in [2.05, 4.69) is 0 Å². The Balaban J connectivity index is 2.50. The van der Waals surface area contributed by atoms with Crippen LogP contribution in [0.15, 0.2) is 29.6 Å². The maximum atomic E-state index is 12.3. The van der Waals surface area contributed by atoms with Gasteiger partial charge in [-0.3, -0.25) is 4.79 Å². The number of benzene rings is 1. The first-order chi connectivity index (χ1) is 8.13. The lowest BCUT2D eigenvalue weighted by Gasteiger charge is -2.07.